The van der Waals surface area contributed by atoms with Gasteiger partial charge in [0.05, 0.1) is 5.92 Å². The summed E-state index contributed by atoms with van der Waals surface area (Å²) in [4.78, 5) is 0. The number of benzene rings is 1. The average Bonchev–Trinajstić information content (AvgIpc) is 2.75. The van der Waals surface area contributed by atoms with Gasteiger partial charge >= 0.3 is 12.4 Å². The van der Waals surface area contributed by atoms with E-state index in [-0.39, 0.29) is 42.1 Å². The number of alkyl halides is 6. The molecule has 0 amide bonds. The normalized spacial score (nSPS) is 20.0. The van der Waals surface area contributed by atoms with E-state index in [4.69, 9.17) is 4.74 Å². The molecule has 1 aliphatic heterocycles. The van der Waals surface area contributed by atoms with Crippen LogP contribution in [0.25, 0.3) is 0 Å². The molecular weight excluding hydrogens is 494 g/mol. The number of ether oxygens (including phenoxy) is 1. The summed E-state index contributed by atoms with van der Waals surface area (Å²) in [7, 11) is 0. The summed E-state index contributed by atoms with van der Waals surface area (Å²) < 4.78 is 87.4. The monoisotopic (exact) mass is 538 g/mol. The minimum Gasteiger partial charge on any atom is -0.507 e. The van der Waals surface area contributed by atoms with Crippen LogP contribution in [-0.2, 0) is 12.6 Å². The van der Waals surface area contributed by atoms with Gasteiger partial charge in [-0.15, -0.1) is 0 Å². The predicted octanol–water partition coefficient (Wildman–Crippen LogP) is 10.1. The van der Waals surface area contributed by atoms with Crippen molar-refractivity contribution < 1.29 is 36.2 Å². The lowest BCUT2D eigenvalue weighted by atomic mass is 9.83. The van der Waals surface area contributed by atoms with Crippen LogP contribution >= 0.6 is 0 Å². The van der Waals surface area contributed by atoms with Gasteiger partial charge in [-0.2, -0.15) is 26.3 Å². The third-order valence-corrected chi connectivity index (χ3v) is 8.06. The van der Waals surface area contributed by atoms with Gasteiger partial charge in [-0.05, 0) is 82.3 Å². The molecule has 0 spiro atoms. The maximum atomic E-state index is 13.7. The van der Waals surface area contributed by atoms with Gasteiger partial charge in [0, 0.05) is 5.56 Å². The first-order valence-corrected chi connectivity index (χ1v) is 13.6. The second kappa shape index (κ2) is 12.5. The van der Waals surface area contributed by atoms with Crippen molar-refractivity contribution in [1.29, 1.82) is 0 Å². The second-order valence-electron chi connectivity index (χ2n) is 11.8. The highest BCUT2D eigenvalue weighted by Crippen LogP contribution is 2.50. The molecule has 2 nitrogen and oxygen atoms in total. The van der Waals surface area contributed by atoms with Crippen LogP contribution in [0.4, 0.5) is 26.3 Å². The van der Waals surface area contributed by atoms with E-state index in [1.165, 1.54) is 6.92 Å². The first-order valence-electron chi connectivity index (χ1n) is 13.6. The zero-order valence-corrected chi connectivity index (χ0v) is 23.1. The fourth-order valence-corrected chi connectivity index (χ4v) is 5.49. The molecule has 0 bridgehead atoms. The van der Waals surface area contributed by atoms with Crippen LogP contribution in [0.5, 0.6) is 11.5 Å². The number of fused-ring (bicyclic) bond motifs is 1. The van der Waals surface area contributed by atoms with Crippen LogP contribution in [0, 0.1) is 31.6 Å². The van der Waals surface area contributed by atoms with Gasteiger partial charge in [0.2, 0.25) is 0 Å². The molecule has 0 aliphatic carbocycles. The van der Waals surface area contributed by atoms with E-state index in [0.29, 0.717) is 37.2 Å². The highest BCUT2D eigenvalue weighted by molar-refractivity contribution is 5.59. The Kier molecular flexibility index (Phi) is 10.7. The minimum atomic E-state index is -4.67. The van der Waals surface area contributed by atoms with Crippen molar-refractivity contribution in [3.8, 4) is 11.5 Å². The number of halogens is 6. The molecule has 1 aromatic rings. The quantitative estimate of drug-likeness (QED) is 0.268. The summed E-state index contributed by atoms with van der Waals surface area (Å²) in [5.41, 5.74) is -0.909. The number of rotatable bonds is 12. The molecule has 1 aromatic carbocycles. The summed E-state index contributed by atoms with van der Waals surface area (Å²) in [6.45, 7) is 11.1. The summed E-state index contributed by atoms with van der Waals surface area (Å²) in [6.07, 6.45) is -2.95. The zero-order valence-electron chi connectivity index (χ0n) is 23.1. The number of hydrogen-bond acceptors (Lipinski definition) is 2. The summed E-state index contributed by atoms with van der Waals surface area (Å²) >= 11 is 0. The van der Waals surface area contributed by atoms with Gasteiger partial charge in [0.15, 0.2) is 0 Å². The Morgan fingerprint density at radius 3 is 1.97 bits per heavy atom. The fourth-order valence-electron chi connectivity index (χ4n) is 5.49. The van der Waals surface area contributed by atoms with Crippen molar-refractivity contribution in [3.05, 3.63) is 22.3 Å². The summed E-state index contributed by atoms with van der Waals surface area (Å²) in [5, 5.41) is 10.2. The molecule has 3 atom stereocenters. The van der Waals surface area contributed by atoms with E-state index >= 15 is 0 Å². The van der Waals surface area contributed by atoms with Gasteiger partial charge in [0.1, 0.15) is 22.7 Å². The van der Waals surface area contributed by atoms with Gasteiger partial charge in [-0.3, -0.25) is 0 Å². The van der Waals surface area contributed by atoms with Gasteiger partial charge in [-0.1, -0.05) is 52.9 Å². The van der Waals surface area contributed by atoms with Crippen molar-refractivity contribution in [2.24, 2.45) is 17.8 Å². The molecule has 0 fully saturated rings. The van der Waals surface area contributed by atoms with Crippen molar-refractivity contribution in [3.63, 3.8) is 0 Å². The van der Waals surface area contributed by atoms with E-state index in [0.717, 1.165) is 25.7 Å². The van der Waals surface area contributed by atoms with Crippen LogP contribution < -0.4 is 4.74 Å². The Morgan fingerprint density at radius 1 is 0.865 bits per heavy atom. The first-order chi connectivity index (χ1) is 17.0. The van der Waals surface area contributed by atoms with Crippen molar-refractivity contribution >= 4 is 0 Å². The van der Waals surface area contributed by atoms with Crippen LogP contribution in [0.2, 0.25) is 0 Å². The topological polar surface area (TPSA) is 29.5 Å². The molecule has 1 N–H and O–H groups in total. The summed E-state index contributed by atoms with van der Waals surface area (Å²) in [5.74, 6) is -1.07. The molecule has 37 heavy (non-hydrogen) atoms. The van der Waals surface area contributed by atoms with E-state index < -0.39 is 35.2 Å². The lowest BCUT2D eigenvalue weighted by molar-refractivity contribution is -0.179. The van der Waals surface area contributed by atoms with E-state index in [1.54, 1.807) is 6.92 Å². The van der Waals surface area contributed by atoms with Crippen molar-refractivity contribution in [2.75, 3.05) is 0 Å². The number of phenols is 1. The van der Waals surface area contributed by atoms with Crippen LogP contribution in [0.15, 0.2) is 0 Å². The van der Waals surface area contributed by atoms with E-state index in [1.807, 2.05) is 27.7 Å². The zero-order chi connectivity index (χ0) is 28.2. The van der Waals surface area contributed by atoms with E-state index in [2.05, 4.69) is 0 Å². The Hall–Kier alpha value is -1.60. The fraction of sp³-hybridized carbons (Fsp3) is 0.793. The van der Waals surface area contributed by atoms with Crippen molar-refractivity contribution in [1.82, 2.24) is 0 Å². The Balaban J connectivity index is 1.90. The Labute approximate surface area is 218 Å². The molecule has 0 aromatic heterocycles. The average molecular weight is 539 g/mol. The molecular formula is C29H44F6O2. The highest BCUT2D eigenvalue weighted by Gasteiger charge is 2.43. The maximum absolute atomic E-state index is 13.7. The SMILES string of the molecule is Cc1c(C)c2c(c(C(F)(F)F)c1O)CCC(C)(CCCC(C)CCCC(CCCC(C)C)C(F)(F)F)O2. The smallest absolute Gasteiger partial charge is 0.420 e. The molecule has 0 radical (unpaired) electrons. The Bertz CT molecular complexity index is 890. The molecule has 0 saturated heterocycles. The minimum absolute atomic E-state index is 0.0200. The van der Waals surface area contributed by atoms with Crippen LogP contribution in [0.1, 0.15) is 114 Å². The lowest BCUT2D eigenvalue weighted by Gasteiger charge is -2.38. The van der Waals surface area contributed by atoms with E-state index in [9.17, 15) is 31.4 Å². The number of aromatic hydroxyl groups is 1. The molecule has 8 heteroatoms. The molecule has 0 saturated carbocycles. The molecule has 3 unspecified atom stereocenters. The maximum Gasteiger partial charge on any atom is 0.420 e. The van der Waals surface area contributed by atoms with Crippen LogP contribution in [0.3, 0.4) is 0 Å². The molecule has 1 aliphatic rings. The van der Waals surface area contributed by atoms with Gasteiger partial charge in [0.25, 0.3) is 0 Å². The molecule has 2 rings (SSSR count). The third-order valence-electron chi connectivity index (χ3n) is 8.06. The molecule has 1 heterocycles. The standard InChI is InChI=1S/C29H44F6O2/c1-18(2)10-7-13-22(28(30,31)32)14-8-11-19(3)12-9-16-27(6)17-15-23-24(29(33,34)35)25(36)20(4)21(5)26(23)37-27/h18-19,22,36H,7-17H2,1-6H3. The molecule has 214 valence electrons. The summed E-state index contributed by atoms with van der Waals surface area (Å²) in [6, 6.07) is 0. The Morgan fingerprint density at radius 2 is 1.43 bits per heavy atom. The second-order valence-corrected chi connectivity index (χ2v) is 11.8. The largest absolute Gasteiger partial charge is 0.507 e. The lowest BCUT2D eigenvalue weighted by Crippen LogP contribution is -2.37. The predicted molar refractivity (Wildman–Crippen MR) is 135 cm³/mol. The van der Waals surface area contributed by atoms with Crippen molar-refractivity contribution in [2.45, 2.75) is 130 Å². The number of hydrogen-bond donors (Lipinski definition) is 1. The third kappa shape index (κ3) is 8.71. The van der Waals surface area contributed by atoms with Crippen LogP contribution in [-0.4, -0.2) is 16.9 Å². The number of phenolic OH excluding ortho intramolecular Hbond substituents is 1. The van der Waals surface area contributed by atoms with Gasteiger partial charge < -0.3 is 9.84 Å². The highest BCUT2D eigenvalue weighted by atomic mass is 19.4. The first kappa shape index (κ1) is 31.6. The van der Waals surface area contributed by atoms with Gasteiger partial charge in [-0.25, -0.2) is 0 Å².